The van der Waals surface area contributed by atoms with Gasteiger partial charge in [0.1, 0.15) is 10.7 Å². The number of hydrogen-bond donors (Lipinski definition) is 0. The fourth-order valence-corrected chi connectivity index (χ4v) is 5.58. The third kappa shape index (κ3) is 4.74. The lowest BCUT2D eigenvalue weighted by Gasteiger charge is -2.25. The average molecular weight is 452 g/mol. The molecule has 0 aliphatic heterocycles. The summed E-state index contributed by atoms with van der Waals surface area (Å²) in [5, 5.41) is 0.785. The molecule has 0 unspecified atom stereocenters. The van der Waals surface area contributed by atoms with Gasteiger partial charge >= 0.3 is 0 Å². The van der Waals surface area contributed by atoms with Gasteiger partial charge in [0.15, 0.2) is 0 Å². The van der Waals surface area contributed by atoms with Crippen LogP contribution < -0.4 is 0 Å². The molecule has 0 saturated heterocycles. The molecular formula is C25H26FN3O2S. The number of hydrogen-bond acceptors (Lipinski definition) is 3. The van der Waals surface area contributed by atoms with Gasteiger partial charge in [-0.15, -0.1) is 0 Å². The van der Waals surface area contributed by atoms with E-state index in [1.165, 1.54) is 16.4 Å². The Labute approximate surface area is 188 Å². The minimum absolute atomic E-state index is 0.138. The summed E-state index contributed by atoms with van der Waals surface area (Å²) in [7, 11) is -3.80. The van der Waals surface area contributed by atoms with Gasteiger partial charge in [-0.05, 0) is 47.9 Å². The highest BCUT2D eigenvalue weighted by Crippen LogP contribution is 2.26. The molecule has 0 aliphatic carbocycles. The van der Waals surface area contributed by atoms with Crippen molar-refractivity contribution >= 4 is 20.9 Å². The van der Waals surface area contributed by atoms with Crippen LogP contribution >= 0.6 is 0 Å². The molecule has 32 heavy (non-hydrogen) atoms. The lowest BCUT2D eigenvalue weighted by molar-refractivity contribution is 0.355. The van der Waals surface area contributed by atoms with Crippen molar-refractivity contribution in [2.45, 2.75) is 31.8 Å². The van der Waals surface area contributed by atoms with Crippen LogP contribution in [-0.4, -0.2) is 28.8 Å². The van der Waals surface area contributed by atoms with E-state index in [-0.39, 0.29) is 23.2 Å². The van der Waals surface area contributed by atoms with Gasteiger partial charge < -0.3 is 4.57 Å². The first-order valence-electron chi connectivity index (χ1n) is 10.6. The van der Waals surface area contributed by atoms with E-state index >= 15 is 0 Å². The van der Waals surface area contributed by atoms with Crippen LogP contribution in [0.3, 0.4) is 0 Å². The second-order valence-corrected chi connectivity index (χ2v) is 10.2. The number of nitrogens with zero attached hydrogens (tertiary/aromatic N) is 3. The molecule has 4 aromatic rings. The Balaban J connectivity index is 1.69. The Morgan fingerprint density at radius 2 is 1.81 bits per heavy atom. The summed E-state index contributed by atoms with van der Waals surface area (Å²) in [6, 6.07) is 19.1. The number of sulfonamides is 1. The molecular weight excluding hydrogens is 425 g/mol. The van der Waals surface area contributed by atoms with Crippen molar-refractivity contribution in [1.29, 1.82) is 0 Å². The Morgan fingerprint density at radius 1 is 1.03 bits per heavy atom. The van der Waals surface area contributed by atoms with Gasteiger partial charge in [0.05, 0.1) is 12.1 Å². The minimum atomic E-state index is -3.80. The van der Waals surface area contributed by atoms with Crippen molar-refractivity contribution in [2.75, 3.05) is 6.54 Å². The van der Waals surface area contributed by atoms with E-state index in [1.54, 1.807) is 30.5 Å². The fraction of sp³-hybridized carbons (Fsp3) is 0.240. The van der Waals surface area contributed by atoms with Crippen LogP contribution in [0.15, 0.2) is 84.0 Å². The van der Waals surface area contributed by atoms with Gasteiger partial charge in [-0.3, -0.25) is 4.98 Å². The van der Waals surface area contributed by atoms with Gasteiger partial charge in [0, 0.05) is 36.6 Å². The summed E-state index contributed by atoms with van der Waals surface area (Å²) in [4.78, 5) is 4.55. The Morgan fingerprint density at radius 3 is 2.59 bits per heavy atom. The molecule has 166 valence electrons. The summed E-state index contributed by atoms with van der Waals surface area (Å²) in [6.07, 6.45) is 3.50. The number of benzene rings is 2. The highest BCUT2D eigenvalue weighted by Gasteiger charge is 2.28. The van der Waals surface area contributed by atoms with Gasteiger partial charge in [-0.25, -0.2) is 12.8 Å². The van der Waals surface area contributed by atoms with Crippen LogP contribution in [0.5, 0.6) is 0 Å². The minimum Gasteiger partial charge on any atom is -0.346 e. The summed E-state index contributed by atoms with van der Waals surface area (Å²) in [5.41, 5.74) is 2.13. The van der Waals surface area contributed by atoms with Crippen molar-refractivity contribution in [3.05, 3.63) is 96.2 Å². The van der Waals surface area contributed by atoms with E-state index in [9.17, 15) is 12.8 Å². The molecule has 0 saturated carbocycles. The summed E-state index contributed by atoms with van der Waals surface area (Å²) in [5.74, 6) is -0.150. The Kier molecular flexibility index (Phi) is 6.39. The van der Waals surface area contributed by atoms with E-state index in [0.29, 0.717) is 18.6 Å². The first-order valence-corrected chi connectivity index (χ1v) is 12.0. The Bertz CT molecular complexity index is 1330. The SMILES string of the molecule is CC(C)CN(Cc1cccn1Cc1cccc(F)c1)S(=O)(=O)c1cccc2cccnc12. The van der Waals surface area contributed by atoms with E-state index in [2.05, 4.69) is 4.98 Å². The zero-order chi connectivity index (χ0) is 22.7. The fourth-order valence-electron chi connectivity index (χ4n) is 3.84. The molecule has 2 heterocycles. The third-order valence-corrected chi connectivity index (χ3v) is 7.13. The summed E-state index contributed by atoms with van der Waals surface area (Å²) < 4.78 is 44.6. The first kappa shape index (κ1) is 22.2. The zero-order valence-corrected chi connectivity index (χ0v) is 19.0. The van der Waals surface area contributed by atoms with Crippen molar-refractivity contribution in [3.8, 4) is 0 Å². The lowest BCUT2D eigenvalue weighted by atomic mass is 10.2. The molecule has 0 bridgehead atoms. The molecule has 4 rings (SSSR count). The van der Waals surface area contributed by atoms with Crippen LogP contribution in [-0.2, 0) is 23.1 Å². The van der Waals surface area contributed by atoms with Gasteiger partial charge in [0.25, 0.3) is 0 Å². The molecule has 0 spiro atoms. The second kappa shape index (κ2) is 9.22. The molecule has 7 heteroatoms. The average Bonchev–Trinajstić information content (AvgIpc) is 3.19. The van der Waals surface area contributed by atoms with Crippen LogP contribution in [0.1, 0.15) is 25.1 Å². The quantitative estimate of drug-likeness (QED) is 0.376. The standard InChI is InChI=1S/C25H26FN3O2S/c1-19(2)16-29(32(30,31)24-12-4-8-21-9-5-13-27-25(21)24)18-23-11-6-14-28(23)17-20-7-3-10-22(26)15-20/h3-15,19H,16-18H2,1-2H3. The molecule has 5 nitrogen and oxygen atoms in total. The number of aromatic nitrogens is 2. The van der Waals surface area contributed by atoms with E-state index in [1.807, 2.05) is 54.9 Å². The van der Waals surface area contributed by atoms with E-state index in [4.69, 9.17) is 0 Å². The number of rotatable bonds is 8. The van der Waals surface area contributed by atoms with Crippen molar-refractivity contribution in [2.24, 2.45) is 5.92 Å². The highest BCUT2D eigenvalue weighted by atomic mass is 32.2. The topological polar surface area (TPSA) is 55.2 Å². The molecule has 2 aromatic carbocycles. The predicted molar refractivity (Wildman–Crippen MR) is 124 cm³/mol. The molecule has 0 amide bonds. The van der Waals surface area contributed by atoms with Crippen molar-refractivity contribution in [3.63, 3.8) is 0 Å². The normalized spacial score (nSPS) is 12.2. The smallest absolute Gasteiger partial charge is 0.245 e. The zero-order valence-electron chi connectivity index (χ0n) is 18.1. The van der Waals surface area contributed by atoms with E-state index < -0.39 is 10.0 Å². The van der Waals surface area contributed by atoms with E-state index in [0.717, 1.165) is 16.6 Å². The first-order chi connectivity index (χ1) is 15.3. The van der Waals surface area contributed by atoms with Gasteiger partial charge in [-0.1, -0.05) is 44.2 Å². The largest absolute Gasteiger partial charge is 0.346 e. The number of fused-ring (bicyclic) bond motifs is 1. The Hall–Kier alpha value is -3.03. The highest BCUT2D eigenvalue weighted by molar-refractivity contribution is 7.89. The lowest BCUT2D eigenvalue weighted by Crippen LogP contribution is -2.34. The van der Waals surface area contributed by atoms with Crippen LogP contribution in [0.4, 0.5) is 4.39 Å². The summed E-state index contributed by atoms with van der Waals surface area (Å²) in [6.45, 7) is 5.04. The number of halogens is 1. The van der Waals surface area contributed by atoms with Crippen molar-refractivity contribution < 1.29 is 12.8 Å². The van der Waals surface area contributed by atoms with Crippen molar-refractivity contribution in [1.82, 2.24) is 13.9 Å². The maximum absolute atomic E-state index is 13.7. The number of pyridine rings is 1. The molecule has 0 atom stereocenters. The van der Waals surface area contributed by atoms with Crippen LogP contribution in [0.25, 0.3) is 10.9 Å². The van der Waals surface area contributed by atoms with Crippen LogP contribution in [0.2, 0.25) is 0 Å². The monoisotopic (exact) mass is 451 g/mol. The molecule has 0 fully saturated rings. The summed E-state index contributed by atoms with van der Waals surface area (Å²) >= 11 is 0. The molecule has 2 aromatic heterocycles. The predicted octanol–water partition coefficient (Wildman–Crippen LogP) is 5.07. The third-order valence-electron chi connectivity index (χ3n) is 5.29. The van der Waals surface area contributed by atoms with Gasteiger partial charge in [0.2, 0.25) is 10.0 Å². The maximum atomic E-state index is 13.7. The second-order valence-electron chi connectivity index (χ2n) is 8.28. The molecule has 0 N–H and O–H groups in total. The van der Waals surface area contributed by atoms with Crippen LogP contribution in [0, 0.1) is 11.7 Å². The van der Waals surface area contributed by atoms with Gasteiger partial charge in [-0.2, -0.15) is 4.31 Å². The molecule has 0 aliphatic rings. The molecule has 0 radical (unpaired) electrons. The number of para-hydroxylation sites is 1. The maximum Gasteiger partial charge on any atom is 0.245 e.